The highest BCUT2D eigenvalue weighted by molar-refractivity contribution is 5.91. The van der Waals surface area contributed by atoms with Crippen molar-refractivity contribution in [3.8, 4) is 0 Å². The Morgan fingerprint density at radius 3 is 2.47 bits per heavy atom. The summed E-state index contributed by atoms with van der Waals surface area (Å²) in [6, 6.07) is 7.04. The molecule has 0 unspecified atom stereocenters. The second kappa shape index (κ2) is 4.19. The van der Waals surface area contributed by atoms with Crippen LogP contribution in [-0.4, -0.2) is 21.3 Å². The number of nitrogens with one attached hydrogen (secondary N) is 1. The number of carbonyl (C=O) groups is 1. The van der Waals surface area contributed by atoms with Crippen molar-refractivity contribution in [1.82, 2.24) is 10.2 Å². The van der Waals surface area contributed by atoms with E-state index in [1.54, 1.807) is 24.3 Å². The standard InChI is InChI=1S/C14H14N2O3/c17-12-10-6-2-1-5-9(10)11(15-16-12)14(13(18)19)7-3-4-8-14/h1-2,5-6H,3-4,7-8H2,(H,16,17)(H,18,19). The van der Waals surface area contributed by atoms with Gasteiger partial charge in [-0.1, -0.05) is 31.0 Å². The first-order valence-corrected chi connectivity index (χ1v) is 6.36. The van der Waals surface area contributed by atoms with Gasteiger partial charge in [0.05, 0.1) is 11.1 Å². The van der Waals surface area contributed by atoms with Gasteiger partial charge < -0.3 is 5.11 Å². The number of carboxylic acids is 1. The lowest BCUT2D eigenvalue weighted by Crippen LogP contribution is -2.35. The van der Waals surface area contributed by atoms with E-state index in [0.717, 1.165) is 12.8 Å². The summed E-state index contributed by atoms with van der Waals surface area (Å²) in [5.74, 6) is -0.852. The number of aliphatic carboxylic acids is 1. The predicted octanol–water partition coefficient (Wildman–Crippen LogP) is 1.82. The van der Waals surface area contributed by atoms with Crippen LogP contribution in [0.1, 0.15) is 31.4 Å². The topological polar surface area (TPSA) is 83.0 Å². The number of aromatic nitrogens is 2. The zero-order chi connectivity index (χ0) is 13.5. The summed E-state index contributed by atoms with van der Waals surface area (Å²) in [6.07, 6.45) is 2.90. The van der Waals surface area contributed by atoms with E-state index in [-0.39, 0.29) is 5.56 Å². The predicted molar refractivity (Wildman–Crippen MR) is 70.1 cm³/mol. The zero-order valence-corrected chi connectivity index (χ0v) is 10.3. The van der Waals surface area contributed by atoms with Gasteiger partial charge in [0.1, 0.15) is 5.41 Å². The van der Waals surface area contributed by atoms with Crippen LogP contribution in [0.15, 0.2) is 29.1 Å². The Hall–Kier alpha value is -2.17. The van der Waals surface area contributed by atoms with Gasteiger partial charge in [-0.2, -0.15) is 5.10 Å². The Kier molecular flexibility index (Phi) is 2.62. The molecule has 0 amide bonds. The van der Waals surface area contributed by atoms with Gasteiger partial charge in [0.15, 0.2) is 0 Å². The van der Waals surface area contributed by atoms with Crippen LogP contribution in [0.4, 0.5) is 0 Å². The summed E-state index contributed by atoms with van der Waals surface area (Å²) >= 11 is 0. The zero-order valence-electron chi connectivity index (χ0n) is 10.3. The molecule has 1 fully saturated rings. The molecule has 0 atom stereocenters. The lowest BCUT2D eigenvalue weighted by Gasteiger charge is -2.23. The average Bonchev–Trinajstić information content (AvgIpc) is 2.90. The Morgan fingerprint density at radius 2 is 1.84 bits per heavy atom. The highest BCUT2D eigenvalue weighted by Gasteiger charge is 2.45. The fraction of sp³-hybridized carbons (Fsp3) is 0.357. The average molecular weight is 258 g/mol. The molecule has 0 aliphatic heterocycles. The van der Waals surface area contributed by atoms with Gasteiger partial charge in [-0.3, -0.25) is 9.59 Å². The number of H-pyrrole nitrogens is 1. The van der Waals surface area contributed by atoms with Crippen molar-refractivity contribution < 1.29 is 9.90 Å². The maximum absolute atomic E-state index is 11.8. The number of hydrogen-bond donors (Lipinski definition) is 2. The van der Waals surface area contributed by atoms with Crippen molar-refractivity contribution in [3.63, 3.8) is 0 Å². The van der Waals surface area contributed by atoms with Crippen LogP contribution in [0.2, 0.25) is 0 Å². The van der Waals surface area contributed by atoms with Gasteiger partial charge >= 0.3 is 5.97 Å². The Balaban J connectivity index is 2.34. The van der Waals surface area contributed by atoms with Crippen molar-refractivity contribution in [3.05, 3.63) is 40.3 Å². The number of rotatable bonds is 2. The summed E-state index contributed by atoms with van der Waals surface area (Å²) < 4.78 is 0. The van der Waals surface area contributed by atoms with Crippen molar-refractivity contribution in [2.75, 3.05) is 0 Å². The van der Waals surface area contributed by atoms with Crippen molar-refractivity contribution >= 4 is 16.7 Å². The van der Waals surface area contributed by atoms with E-state index < -0.39 is 11.4 Å². The van der Waals surface area contributed by atoms with Crippen LogP contribution in [0.25, 0.3) is 10.8 Å². The van der Waals surface area contributed by atoms with E-state index >= 15 is 0 Å². The van der Waals surface area contributed by atoms with Crippen molar-refractivity contribution in [2.45, 2.75) is 31.1 Å². The van der Waals surface area contributed by atoms with Crippen LogP contribution < -0.4 is 5.56 Å². The molecule has 0 bridgehead atoms. The summed E-state index contributed by atoms with van der Waals surface area (Å²) in [5.41, 5.74) is -0.741. The molecule has 1 aliphatic carbocycles. The number of benzene rings is 1. The van der Waals surface area contributed by atoms with Crippen LogP contribution in [0, 0.1) is 0 Å². The minimum absolute atomic E-state index is 0.280. The number of nitrogens with zero attached hydrogens (tertiary/aromatic N) is 1. The summed E-state index contributed by atoms with van der Waals surface area (Å²) in [7, 11) is 0. The van der Waals surface area contributed by atoms with Crippen LogP contribution >= 0.6 is 0 Å². The van der Waals surface area contributed by atoms with E-state index in [2.05, 4.69) is 10.2 Å². The van der Waals surface area contributed by atoms with Gasteiger partial charge in [-0.25, -0.2) is 5.10 Å². The monoisotopic (exact) mass is 258 g/mol. The highest BCUT2D eigenvalue weighted by atomic mass is 16.4. The van der Waals surface area contributed by atoms with Crippen LogP contribution in [-0.2, 0) is 10.2 Å². The highest BCUT2D eigenvalue weighted by Crippen LogP contribution is 2.42. The lowest BCUT2D eigenvalue weighted by molar-refractivity contribution is -0.143. The SMILES string of the molecule is O=C(O)C1(c2n[nH]c(=O)c3ccccc23)CCCC1. The third-order valence-corrected chi connectivity index (χ3v) is 4.02. The molecule has 1 saturated carbocycles. The van der Waals surface area contributed by atoms with Crippen LogP contribution in [0.3, 0.4) is 0 Å². The largest absolute Gasteiger partial charge is 0.481 e. The maximum atomic E-state index is 11.8. The molecule has 2 aromatic rings. The second-order valence-electron chi connectivity index (χ2n) is 5.04. The van der Waals surface area contributed by atoms with Gasteiger partial charge in [0.2, 0.25) is 0 Å². The minimum atomic E-state index is -0.955. The number of aromatic amines is 1. The second-order valence-corrected chi connectivity index (χ2v) is 5.04. The molecule has 0 spiro atoms. The van der Waals surface area contributed by atoms with Crippen molar-refractivity contribution in [1.29, 1.82) is 0 Å². The molecule has 1 heterocycles. The number of fused-ring (bicyclic) bond motifs is 1. The van der Waals surface area contributed by atoms with E-state index in [1.807, 2.05) is 0 Å². The smallest absolute Gasteiger partial charge is 0.315 e. The Labute approximate surface area is 109 Å². The van der Waals surface area contributed by atoms with Crippen molar-refractivity contribution in [2.24, 2.45) is 0 Å². The first kappa shape index (κ1) is 11.9. The van der Waals surface area contributed by atoms with Gasteiger partial charge in [0.25, 0.3) is 5.56 Å². The third-order valence-electron chi connectivity index (χ3n) is 4.02. The lowest BCUT2D eigenvalue weighted by atomic mass is 9.80. The van der Waals surface area contributed by atoms with E-state index in [1.165, 1.54) is 0 Å². The first-order valence-electron chi connectivity index (χ1n) is 6.36. The Morgan fingerprint density at radius 1 is 1.21 bits per heavy atom. The van der Waals surface area contributed by atoms with Gasteiger partial charge in [-0.05, 0) is 18.9 Å². The van der Waals surface area contributed by atoms with E-state index in [4.69, 9.17) is 0 Å². The van der Waals surface area contributed by atoms with E-state index in [9.17, 15) is 14.7 Å². The molecule has 98 valence electrons. The number of carboxylic acid groups (broad SMARTS) is 1. The maximum Gasteiger partial charge on any atom is 0.315 e. The Bertz CT molecular complexity index is 699. The molecule has 2 N–H and O–H groups in total. The molecule has 3 rings (SSSR count). The molecule has 1 aromatic carbocycles. The molecule has 5 nitrogen and oxygen atoms in total. The van der Waals surface area contributed by atoms with Gasteiger partial charge in [0, 0.05) is 5.39 Å². The molecule has 0 radical (unpaired) electrons. The summed E-state index contributed by atoms with van der Waals surface area (Å²) in [5, 5.41) is 17.3. The molecule has 0 saturated heterocycles. The first-order chi connectivity index (χ1) is 9.15. The molecule has 5 heteroatoms. The molecule has 1 aromatic heterocycles. The molecular formula is C14H14N2O3. The van der Waals surface area contributed by atoms with Gasteiger partial charge in [-0.15, -0.1) is 0 Å². The molecular weight excluding hydrogens is 244 g/mol. The molecule has 19 heavy (non-hydrogen) atoms. The minimum Gasteiger partial charge on any atom is -0.481 e. The van der Waals surface area contributed by atoms with Crippen LogP contribution in [0.5, 0.6) is 0 Å². The fourth-order valence-electron chi connectivity index (χ4n) is 3.01. The fourth-order valence-corrected chi connectivity index (χ4v) is 3.01. The summed E-state index contributed by atoms with van der Waals surface area (Å²) in [6.45, 7) is 0. The normalized spacial score (nSPS) is 17.7. The molecule has 1 aliphatic rings. The number of hydrogen-bond acceptors (Lipinski definition) is 3. The third kappa shape index (κ3) is 1.65. The summed E-state index contributed by atoms with van der Waals surface area (Å²) in [4.78, 5) is 23.5. The van der Waals surface area contributed by atoms with E-state index in [0.29, 0.717) is 29.3 Å². The quantitative estimate of drug-likeness (QED) is 0.860.